The van der Waals surface area contributed by atoms with Crippen molar-refractivity contribution in [2.45, 2.75) is 24.5 Å². The number of nitrogens with one attached hydrogen (secondary N) is 1. The minimum absolute atomic E-state index is 0.0242. The molecule has 2 aliphatic rings. The summed E-state index contributed by atoms with van der Waals surface area (Å²) in [7, 11) is 1.42. The van der Waals surface area contributed by atoms with Crippen LogP contribution in [-0.4, -0.2) is 66.3 Å². The molecule has 35 heavy (non-hydrogen) atoms. The van der Waals surface area contributed by atoms with Gasteiger partial charge in [0.25, 0.3) is 5.92 Å². The summed E-state index contributed by atoms with van der Waals surface area (Å²) in [6, 6.07) is 7.75. The number of terminal acetylenes is 1. The predicted octanol–water partition coefficient (Wildman–Crippen LogP) is 3.99. The molecule has 0 spiro atoms. The number of alkyl halides is 2. The van der Waals surface area contributed by atoms with Crippen molar-refractivity contribution in [3.05, 3.63) is 48.0 Å². The summed E-state index contributed by atoms with van der Waals surface area (Å²) < 4.78 is 61.1. The van der Waals surface area contributed by atoms with Gasteiger partial charge in [0.15, 0.2) is 23.4 Å². The molecule has 3 aromatic rings. The summed E-state index contributed by atoms with van der Waals surface area (Å²) in [6.07, 6.45) is 5.47. The van der Waals surface area contributed by atoms with Crippen LogP contribution in [0.25, 0.3) is 10.9 Å². The number of hydrogen-bond donors (Lipinski definition) is 1. The molecule has 3 heterocycles. The van der Waals surface area contributed by atoms with E-state index in [2.05, 4.69) is 21.2 Å². The van der Waals surface area contributed by atoms with Gasteiger partial charge in [-0.3, -0.25) is 4.90 Å². The molecule has 10 heteroatoms. The van der Waals surface area contributed by atoms with Crippen molar-refractivity contribution >= 4 is 22.4 Å². The molecule has 182 valence electrons. The Morgan fingerprint density at radius 3 is 2.74 bits per heavy atom. The fourth-order valence-electron chi connectivity index (χ4n) is 4.27. The van der Waals surface area contributed by atoms with Crippen LogP contribution >= 0.6 is 0 Å². The van der Waals surface area contributed by atoms with Gasteiger partial charge in [-0.05, 0) is 18.2 Å². The lowest BCUT2D eigenvalue weighted by atomic mass is 10.0. The van der Waals surface area contributed by atoms with Crippen LogP contribution in [0, 0.1) is 18.2 Å². The highest BCUT2D eigenvalue weighted by molar-refractivity contribution is 5.93. The third-order valence-electron chi connectivity index (χ3n) is 6.30. The van der Waals surface area contributed by atoms with Crippen LogP contribution in [0.1, 0.15) is 12.0 Å². The normalized spacial score (nSPS) is 20.1. The van der Waals surface area contributed by atoms with Crippen molar-refractivity contribution in [3.8, 4) is 23.8 Å². The predicted molar refractivity (Wildman–Crippen MR) is 124 cm³/mol. The molecule has 1 unspecified atom stereocenters. The number of nitrogens with zero attached hydrogens (tertiary/aromatic N) is 3. The Morgan fingerprint density at radius 2 is 2.06 bits per heavy atom. The van der Waals surface area contributed by atoms with Gasteiger partial charge in [-0.1, -0.05) is 12.0 Å². The average molecular weight is 484 g/mol. The highest BCUT2D eigenvalue weighted by Crippen LogP contribution is 2.39. The second-order valence-corrected chi connectivity index (χ2v) is 8.50. The van der Waals surface area contributed by atoms with Gasteiger partial charge in [-0.15, -0.1) is 6.42 Å². The quantitative estimate of drug-likeness (QED) is 0.531. The standard InChI is InChI=1S/C25H23F3N4O3/c1-3-15-5-4-6-18(23(15)26)31-24-17-9-21(20(33-2)10-19(17)29-14-30-24)35-22-7-8-32(13-25(22,27)28)16-11-34-12-16/h1,4-6,9-10,14,16,22H,7-8,11-13H2,2H3,(H,29,30,31). The minimum Gasteiger partial charge on any atom is -0.493 e. The molecule has 2 aromatic carbocycles. The third kappa shape index (κ3) is 4.45. The lowest BCUT2D eigenvalue weighted by Gasteiger charge is -2.44. The van der Waals surface area contributed by atoms with Crippen LogP contribution in [0.15, 0.2) is 36.7 Å². The molecule has 0 amide bonds. The second-order valence-electron chi connectivity index (χ2n) is 8.50. The van der Waals surface area contributed by atoms with E-state index in [0.717, 1.165) is 0 Å². The van der Waals surface area contributed by atoms with Crippen molar-refractivity contribution in [2.75, 3.05) is 38.7 Å². The van der Waals surface area contributed by atoms with E-state index in [-0.39, 0.29) is 41.0 Å². The van der Waals surface area contributed by atoms with E-state index in [1.165, 1.54) is 31.6 Å². The molecule has 2 fully saturated rings. The molecule has 2 aliphatic heterocycles. The topological polar surface area (TPSA) is 68.7 Å². The first-order valence-corrected chi connectivity index (χ1v) is 11.1. The zero-order valence-corrected chi connectivity index (χ0v) is 18.9. The number of hydrogen-bond acceptors (Lipinski definition) is 7. The Balaban J connectivity index is 1.45. The van der Waals surface area contributed by atoms with Gasteiger partial charge in [0.05, 0.1) is 49.7 Å². The molecule has 0 radical (unpaired) electrons. The maximum absolute atomic E-state index is 15.0. The zero-order valence-electron chi connectivity index (χ0n) is 18.9. The van der Waals surface area contributed by atoms with Gasteiger partial charge in [0.1, 0.15) is 12.1 Å². The highest BCUT2D eigenvalue weighted by atomic mass is 19.3. The molecule has 2 saturated heterocycles. The van der Waals surface area contributed by atoms with Crippen molar-refractivity contribution < 1.29 is 27.4 Å². The average Bonchev–Trinajstić information content (AvgIpc) is 2.80. The molecular weight excluding hydrogens is 461 g/mol. The smallest absolute Gasteiger partial charge is 0.296 e. The van der Waals surface area contributed by atoms with Gasteiger partial charge in [-0.2, -0.15) is 0 Å². The molecule has 1 atom stereocenters. The Morgan fingerprint density at radius 1 is 1.23 bits per heavy atom. The molecule has 0 saturated carbocycles. The number of benzene rings is 2. The Labute approximate surface area is 200 Å². The van der Waals surface area contributed by atoms with Crippen molar-refractivity contribution in [3.63, 3.8) is 0 Å². The first-order valence-electron chi connectivity index (χ1n) is 11.1. The van der Waals surface area contributed by atoms with Crippen LogP contribution < -0.4 is 14.8 Å². The van der Waals surface area contributed by atoms with Gasteiger partial charge in [0.2, 0.25) is 0 Å². The van der Waals surface area contributed by atoms with Crippen LogP contribution in [0.2, 0.25) is 0 Å². The number of anilines is 2. The number of aromatic nitrogens is 2. The molecule has 5 rings (SSSR count). The Hall–Kier alpha value is -3.55. The molecule has 0 aliphatic carbocycles. The first-order chi connectivity index (χ1) is 16.9. The fraction of sp³-hybridized carbons (Fsp3) is 0.360. The van der Waals surface area contributed by atoms with Crippen LogP contribution in [0.5, 0.6) is 11.5 Å². The van der Waals surface area contributed by atoms with Gasteiger partial charge >= 0.3 is 0 Å². The number of piperidine rings is 1. The molecule has 1 aromatic heterocycles. The van der Waals surface area contributed by atoms with E-state index >= 15 is 8.78 Å². The van der Waals surface area contributed by atoms with Gasteiger partial charge in [0, 0.05) is 24.4 Å². The monoisotopic (exact) mass is 484 g/mol. The van der Waals surface area contributed by atoms with E-state index in [0.29, 0.717) is 30.7 Å². The first kappa shape index (κ1) is 23.2. The summed E-state index contributed by atoms with van der Waals surface area (Å²) >= 11 is 0. The molecule has 7 nitrogen and oxygen atoms in total. The van der Waals surface area contributed by atoms with E-state index in [1.54, 1.807) is 17.0 Å². The number of rotatable bonds is 6. The molecular formula is C25H23F3N4O3. The maximum Gasteiger partial charge on any atom is 0.296 e. The maximum atomic E-state index is 15.0. The zero-order chi connectivity index (χ0) is 24.6. The Kier molecular flexibility index (Phi) is 6.13. The SMILES string of the molecule is C#Cc1cccc(Nc2ncnc3cc(OC)c(OC4CCN(C5COC5)CC4(F)F)cc23)c1F. The summed E-state index contributed by atoms with van der Waals surface area (Å²) in [5, 5.41) is 3.37. The van der Waals surface area contributed by atoms with Crippen LogP contribution in [-0.2, 0) is 4.74 Å². The summed E-state index contributed by atoms with van der Waals surface area (Å²) in [6.45, 7) is 1.02. The van der Waals surface area contributed by atoms with E-state index in [4.69, 9.17) is 20.6 Å². The van der Waals surface area contributed by atoms with E-state index in [9.17, 15) is 4.39 Å². The highest BCUT2D eigenvalue weighted by Gasteiger charge is 2.48. The number of likely N-dealkylation sites (tertiary alicyclic amines) is 1. The van der Waals surface area contributed by atoms with Crippen molar-refractivity contribution in [2.24, 2.45) is 0 Å². The summed E-state index contributed by atoms with van der Waals surface area (Å²) in [5.74, 6) is -0.734. The third-order valence-corrected chi connectivity index (χ3v) is 6.30. The van der Waals surface area contributed by atoms with Crippen LogP contribution in [0.4, 0.5) is 24.7 Å². The lowest BCUT2D eigenvalue weighted by molar-refractivity contribution is -0.170. The minimum atomic E-state index is -3.07. The Bertz CT molecular complexity index is 1290. The summed E-state index contributed by atoms with van der Waals surface area (Å²) in [5.41, 5.74) is 0.686. The number of halogens is 3. The van der Waals surface area contributed by atoms with E-state index < -0.39 is 24.4 Å². The fourth-order valence-corrected chi connectivity index (χ4v) is 4.27. The van der Waals surface area contributed by atoms with Crippen LogP contribution in [0.3, 0.4) is 0 Å². The number of ether oxygens (including phenoxy) is 3. The number of methoxy groups -OCH3 is 1. The largest absolute Gasteiger partial charge is 0.493 e. The molecule has 1 N–H and O–H groups in total. The van der Waals surface area contributed by atoms with Crippen molar-refractivity contribution in [1.82, 2.24) is 14.9 Å². The van der Waals surface area contributed by atoms with E-state index in [1.807, 2.05) is 0 Å². The second kappa shape index (κ2) is 9.24. The van der Waals surface area contributed by atoms with Gasteiger partial charge in [-0.25, -0.2) is 23.1 Å². The lowest BCUT2D eigenvalue weighted by Crippen LogP contribution is -2.60. The molecule has 0 bridgehead atoms. The summed E-state index contributed by atoms with van der Waals surface area (Å²) in [4.78, 5) is 10.2. The van der Waals surface area contributed by atoms with Crippen molar-refractivity contribution in [1.29, 1.82) is 0 Å². The number of fused-ring (bicyclic) bond motifs is 1. The van der Waals surface area contributed by atoms with Gasteiger partial charge < -0.3 is 19.5 Å².